The molecule has 0 aliphatic heterocycles. The molecule has 0 saturated heterocycles. The van der Waals surface area contributed by atoms with Gasteiger partial charge in [-0.05, 0) is 0 Å². The van der Waals surface area contributed by atoms with Gasteiger partial charge in [0.1, 0.15) is 0 Å². The van der Waals surface area contributed by atoms with E-state index in [1.807, 2.05) is 30.3 Å². The number of non-ortho nitro benzene ring substituents is 1. The molecule has 2 atom stereocenters. The molecule has 126 valence electrons. The molecule has 0 aliphatic carbocycles. The number of esters is 1. The second kappa shape index (κ2) is 8.59. The Hall–Kier alpha value is -2.21. The average molecular weight is 394 g/mol. The first-order valence-corrected chi connectivity index (χ1v) is 9.18. The van der Waals surface area contributed by atoms with Gasteiger partial charge >= 0.3 is 145 Å². The number of rotatable bonds is 7. The molecule has 2 aromatic rings. The van der Waals surface area contributed by atoms with Gasteiger partial charge in [-0.1, -0.05) is 0 Å². The SMILES string of the molecule is CCOC(=O)C([Se]c1ccccc1)C(O)c1ccc([N+](=O)[O-])cc1. The Bertz CT molecular complexity index is 690. The molecular weight excluding hydrogens is 377 g/mol. The second-order valence-corrected chi connectivity index (χ2v) is 7.45. The number of benzene rings is 2. The van der Waals surface area contributed by atoms with Gasteiger partial charge in [0, 0.05) is 0 Å². The molecule has 0 saturated carbocycles. The summed E-state index contributed by atoms with van der Waals surface area (Å²) in [5.74, 6) is -0.466. The molecule has 1 N–H and O–H groups in total. The molecule has 2 unspecified atom stereocenters. The Morgan fingerprint density at radius 1 is 1.21 bits per heavy atom. The summed E-state index contributed by atoms with van der Waals surface area (Å²) >= 11 is -0.339. The molecule has 6 nitrogen and oxygen atoms in total. The third-order valence-corrected chi connectivity index (χ3v) is 5.88. The normalized spacial score (nSPS) is 13.1. The number of hydrogen-bond acceptors (Lipinski definition) is 5. The number of hydrogen-bond donors (Lipinski definition) is 1. The fraction of sp³-hybridized carbons (Fsp3) is 0.235. The standard InChI is InChI=1S/C17H17NO5Se/c1-2-23-17(20)16(24-14-6-4-3-5-7-14)15(19)12-8-10-13(11-9-12)18(21)22/h3-11,15-16,19H,2H2,1H3. The molecule has 0 fully saturated rings. The first kappa shape index (κ1) is 18.1. The van der Waals surface area contributed by atoms with Gasteiger partial charge in [-0.15, -0.1) is 0 Å². The van der Waals surface area contributed by atoms with Crippen LogP contribution in [0.15, 0.2) is 54.6 Å². The Morgan fingerprint density at radius 2 is 1.83 bits per heavy atom. The fourth-order valence-corrected chi connectivity index (χ4v) is 4.30. The van der Waals surface area contributed by atoms with E-state index in [4.69, 9.17) is 4.74 Å². The molecule has 0 bridgehead atoms. The van der Waals surface area contributed by atoms with Crippen LogP contribution in [0.25, 0.3) is 0 Å². The quantitative estimate of drug-likeness (QED) is 0.336. The van der Waals surface area contributed by atoms with Crippen LogP contribution < -0.4 is 4.46 Å². The van der Waals surface area contributed by atoms with Gasteiger partial charge in [0.2, 0.25) is 0 Å². The molecule has 0 amide bonds. The van der Waals surface area contributed by atoms with Crippen LogP contribution in [-0.2, 0) is 9.53 Å². The van der Waals surface area contributed by atoms with Crippen LogP contribution in [0, 0.1) is 10.1 Å². The Balaban J connectivity index is 2.24. The van der Waals surface area contributed by atoms with E-state index in [-0.39, 0.29) is 27.3 Å². The summed E-state index contributed by atoms with van der Waals surface area (Å²) in [5.41, 5.74) is 0.392. The van der Waals surface area contributed by atoms with Gasteiger partial charge in [-0.2, -0.15) is 0 Å². The van der Waals surface area contributed by atoms with Crippen molar-refractivity contribution in [1.82, 2.24) is 0 Å². The van der Waals surface area contributed by atoms with Crippen molar-refractivity contribution in [1.29, 1.82) is 0 Å². The van der Waals surface area contributed by atoms with E-state index in [0.717, 1.165) is 4.46 Å². The van der Waals surface area contributed by atoms with Crippen LogP contribution in [0.3, 0.4) is 0 Å². The van der Waals surface area contributed by atoms with Gasteiger partial charge in [0.15, 0.2) is 0 Å². The molecule has 2 aromatic carbocycles. The van der Waals surface area contributed by atoms with Gasteiger partial charge in [-0.3, -0.25) is 0 Å². The van der Waals surface area contributed by atoms with Gasteiger partial charge in [0.05, 0.1) is 0 Å². The van der Waals surface area contributed by atoms with E-state index in [2.05, 4.69) is 0 Å². The first-order valence-electron chi connectivity index (χ1n) is 7.33. The number of aliphatic hydroxyl groups is 1. The van der Waals surface area contributed by atoms with Crippen molar-refractivity contribution in [2.75, 3.05) is 6.61 Å². The summed E-state index contributed by atoms with van der Waals surface area (Å²) in [6.45, 7) is 1.94. The number of nitrogens with zero attached hydrogens (tertiary/aromatic N) is 1. The molecule has 0 aromatic heterocycles. The summed E-state index contributed by atoms with van der Waals surface area (Å²) in [6.07, 6.45) is -1.08. The third kappa shape index (κ3) is 4.64. The minimum atomic E-state index is -1.08. The summed E-state index contributed by atoms with van der Waals surface area (Å²) in [5, 5.41) is 21.3. The van der Waals surface area contributed by atoms with Crippen molar-refractivity contribution < 1.29 is 19.6 Å². The van der Waals surface area contributed by atoms with Crippen molar-refractivity contribution in [3.8, 4) is 0 Å². The maximum atomic E-state index is 12.3. The molecule has 2 rings (SSSR count). The summed E-state index contributed by atoms with van der Waals surface area (Å²) in [4.78, 5) is 21.8. The zero-order chi connectivity index (χ0) is 17.5. The predicted octanol–water partition coefficient (Wildman–Crippen LogP) is 2.01. The number of nitro groups is 1. The Labute approximate surface area is 145 Å². The summed E-state index contributed by atoms with van der Waals surface area (Å²) in [7, 11) is 0. The summed E-state index contributed by atoms with van der Waals surface area (Å²) < 4.78 is 6.05. The fourth-order valence-electron chi connectivity index (χ4n) is 2.08. The van der Waals surface area contributed by atoms with Crippen molar-refractivity contribution in [3.05, 3.63) is 70.3 Å². The van der Waals surface area contributed by atoms with E-state index in [1.165, 1.54) is 24.3 Å². The van der Waals surface area contributed by atoms with Crippen LogP contribution in [0.5, 0.6) is 0 Å². The van der Waals surface area contributed by atoms with Gasteiger partial charge in [0.25, 0.3) is 0 Å². The van der Waals surface area contributed by atoms with Crippen molar-refractivity contribution in [2.45, 2.75) is 17.8 Å². The number of carbonyl (C=O) groups is 1. The zero-order valence-electron chi connectivity index (χ0n) is 13.0. The number of carbonyl (C=O) groups excluding carboxylic acids is 1. The second-order valence-electron chi connectivity index (χ2n) is 4.90. The average Bonchev–Trinajstić information content (AvgIpc) is 2.60. The molecule has 0 spiro atoms. The van der Waals surface area contributed by atoms with Crippen molar-refractivity contribution in [2.24, 2.45) is 0 Å². The molecule has 0 radical (unpaired) electrons. The number of nitro benzene ring substituents is 1. The zero-order valence-corrected chi connectivity index (χ0v) is 14.7. The van der Waals surface area contributed by atoms with Crippen LogP contribution in [0.4, 0.5) is 5.69 Å². The van der Waals surface area contributed by atoms with E-state index >= 15 is 0 Å². The van der Waals surface area contributed by atoms with Crippen LogP contribution >= 0.6 is 0 Å². The third-order valence-electron chi connectivity index (χ3n) is 3.26. The first-order chi connectivity index (χ1) is 11.5. The van der Waals surface area contributed by atoms with E-state index in [9.17, 15) is 20.0 Å². The number of aliphatic hydroxyl groups excluding tert-OH is 1. The van der Waals surface area contributed by atoms with Crippen LogP contribution in [0.1, 0.15) is 18.6 Å². The van der Waals surface area contributed by atoms with E-state index < -0.39 is 21.8 Å². The molecular formula is C17H17NO5Se. The van der Waals surface area contributed by atoms with Gasteiger partial charge in [-0.25, -0.2) is 0 Å². The molecule has 7 heteroatoms. The van der Waals surface area contributed by atoms with Crippen molar-refractivity contribution >= 4 is 31.1 Å². The van der Waals surface area contributed by atoms with E-state index in [0.29, 0.717) is 5.56 Å². The van der Waals surface area contributed by atoms with Crippen LogP contribution in [0.2, 0.25) is 4.82 Å². The van der Waals surface area contributed by atoms with E-state index in [1.54, 1.807) is 6.92 Å². The predicted molar refractivity (Wildman–Crippen MR) is 90.3 cm³/mol. The van der Waals surface area contributed by atoms with Gasteiger partial charge < -0.3 is 0 Å². The van der Waals surface area contributed by atoms with Crippen LogP contribution in [-0.4, -0.2) is 37.6 Å². The monoisotopic (exact) mass is 395 g/mol. The maximum absolute atomic E-state index is 12.3. The minimum absolute atomic E-state index is 0.0628. The topological polar surface area (TPSA) is 89.7 Å². The Kier molecular flexibility index (Phi) is 6.49. The molecule has 24 heavy (non-hydrogen) atoms. The summed E-state index contributed by atoms with van der Waals surface area (Å²) in [6, 6.07) is 15.0. The Morgan fingerprint density at radius 3 is 2.38 bits per heavy atom. The number of ether oxygens (including phenoxy) is 1. The molecule has 0 heterocycles. The van der Waals surface area contributed by atoms with Crippen molar-refractivity contribution in [3.63, 3.8) is 0 Å². The molecule has 0 aliphatic rings.